The molecule has 0 spiro atoms. The summed E-state index contributed by atoms with van der Waals surface area (Å²) < 4.78 is 37.3. The minimum absolute atomic E-state index is 0. The van der Waals surface area contributed by atoms with E-state index in [1.54, 1.807) is 18.2 Å². The van der Waals surface area contributed by atoms with E-state index >= 15 is 0 Å². The fraction of sp³-hybridized carbons (Fsp3) is 0.368. The van der Waals surface area contributed by atoms with Gasteiger partial charge in [-0.15, -0.1) is 5.56 Å². The molecule has 0 N–H and O–H groups in total. The maximum Gasteiger partial charge on any atom is 0 e. The van der Waals surface area contributed by atoms with Crippen LogP contribution in [-0.4, -0.2) is 22.9 Å². The maximum absolute atomic E-state index is 11.5. The molecule has 0 saturated heterocycles. The Morgan fingerprint density at radius 1 is 1.11 bits per heavy atom. The van der Waals surface area contributed by atoms with Crippen molar-refractivity contribution in [2.75, 3.05) is 7.11 Å². The average molecular weight is 479 g/mol. The van der Waals surface area contributed by atoms with Gasteiger partial charge < -0.3 is 0 Å². The van der Waals surface area contributed by atoms with E-state index in [-0.39, 0.29) is 51.6 Å². The molecule has 0 saturated carbocycles. The molecular formula is C19H23BO6SY-2. The molecule has 6 nitrogen and oxygen atoms in total. The molecule has 149 valence electrons. The second kappa shape index (κ2) is 15.0. The second-order valence-corrected chi connectivity index (χ2v) is 7.25. The van der Waals surface area contributed by atoms with Crippen LogP contribution in [0.4, 0.5) is 0 Å². The quantitative estimate of drug-likeness (QED) is 0.137. The molecular weight excluding hydrogens is 456 g/mol. The van der Waals surface area contributed by atoms with E-state index in [2.05, 4.69) is 32.9 Å². The minimum Gasteiger partial charge on any atom is 0 e. The third-order valence-corrected chi connectivity index (χ3v) is 5.07. The summed E-state index contributed by atoms with van der Waals surface area (Å²) in [5, 5.41) is 0. The first-order valence-electron chi connectivity index (χ1n) is 8.43. The molecule has 0 amide bonds. The van der Waals surface area contributed by atoms with Crippen molar-refractivity contribution in [2.45, 2.75) is 44.6 Å². The van der Waals surface area contributed by atoms with E-state index in [0.29, 0.717) is 0 Å². The SMILES string of the molecule is CCCCc1cc[c-]cc1S(=O)(=O)OC.Cc1cc[c-]cc1COOB=O.[Y]. The molecule has 0 bridgehead atoms. The van der Waals surface area contributed by atoms with E-state index in [9.17, 15) is 13.1 Å². The normalized spacial score (nSPS) is 10.1. The maximum atomic E-state index is 11.5. The smallest absolute Gasteiger partial charge is 0 e. The van der Waals surface area contributed by atoms with E-state index in [4.69, 9.17) is 0 Å². The summed E-state index contributed by atoms with van der Waals surface area (Å²) in [4.78, 5) is 8.90. The molecule has 0 aliphatic heterocycles. The molecule has 0 aliphatic carbocycles. The van der Waals surface area contributed by atoms with Crippen LogP contribution in [0.15, 0.2) is 41.3 Å². The number of unbranched alkanes of at least 4 members (excludes halogenated alkanes) is 1. The van der Waals surface area contributed by atoms with Gasteiger partial charge in [0.1, 0.15) is 0 Å². The summed E-state index contributed by atoms with van der Waals surface area (Å²) in [6.45, 7) is 4.29. The summed E-state index contributed by atoms with van der Waals surface area (Å²) >= 11 is 0. The predicted octanol–water partition coefficient (Wildman–Crippen LogP) is 3.37. The van der Waals surface area contributed by atoms with Crippen molar-refractivity contribution in [1.82, 2.24) is 0 Å². The van der Waals surface area contributed by atoms with Gasteiger partial charge in [0, 0.05) is 32.7 Å². The summed E-state index contributed by atoms with van der Waals surface area (Å²) in [6, 6.07) is 16.2. The summed E-state index contributed by atoms with van der Waals surface area (Å²) in [5.41, 5.74) is 2.85. The van der Waals surface area contributed by atoms with Gasteiger partial charge in [-0.25, -0.2) is 8.42 Å². The predicted molar refractivity (Wildman–Crippen MR) is 100 cm³/mol. The molecule has 2 aromatic rings. The van der Waals surface area contributed by atoms with E-state index < -0.39 is 10.1 Å². The molecule has 2 rings (SSSR count). The Balaban J connectivity index is 0.000000514. The van der Waals surface area contributed by atoms with Gasteiger partial charge >= 0.3 is 70.7 Å². The van der Waals surface area contributed by atoms with E-state index in [0.717, 1.165) is 36.0 Å². The van der Waals surface area contributed by atoms with Crippen molar-refractivity contribution in [1.29, 1.82) is 0 Å². The van der Waals surface area contributed by atoms with Gasteiger partial charge in [0.15, 0.2) is 0 Å². The van der Waals surface area contributed by atoms with Crippen LogP contribution in [-0.2, 0) is 74.4 Å². The largest absolute Gasteiger partial charge is 0 e. The Hall–Kier alpha value is -0.921. The van der Waals surface area contributed by atoms with Gasteiger partial charge in [-0.1, -0.05) is 19.8 Å². The van der Waals surface area contributed by atoms with Crippen LogP contribution in [0.1, 0.15) is 36.5 Å². The molecule has 28 heavy (non-hydrogen) atoms. The fourth-order valence-electron chi connectivity index (χ4n) is 2.17. The van der Waals surface area contributed by atoms with Gasteiger partial charge in [0.05, 0.1) is 7.11 Å². The van der Waals surface area contributed by atoms with Crippen LogP contribution in [0.25, 0.3) is 0 Å². The first-order chi connectivity index (χ1) is 13.0. The summed E-state index contributed by atoms with van der Waals surface area (Å²) in [5.74, 6) is 0. The monoisotopic (exact) mass is 479 g/mol. The Bertz CT molecular complexity index is 814. The fourth-order valence-corrected chi connectivity index (χ4v) is 3.05. The third kappa shape index (κ3) is 9.52. The third-order valence-electron chi connectivity index (χ3n) is 3.72. The van der Waals surface area contributed by atoms with Crippen molar-refractivity contribution < 1.29 is 59.7 Å². The topological polar surface area (TPSA) is 78.9 Å². The molecule has 0 unspecified atom stereocenters. The Labute approximate surface area is 193 Å². The van der Waals surface area contributed by atoms with Crippen LogP contribution in [0.3, 0.4) is 0 Å². The van der Waals surface area contributed by atoms with Crippen LogP contribution in [0.2, 0.25) is 0 Å². The molecule has 1 radical (unpaired) electrons. The molecule has 2 aromatic carbocycles. The molecule has 0 atom stereocenters. The molecule has 9 heteroatoms. The van der Waals surface area contributed by atoms with E-state index in [1.807, 2.05) is 19.1 Å². The number of benzene rings is 2. The molecule has 0 aliphatic rings. The van der Waals surface area contributed by atoms with E-state index in [1.165, 1.54) is 13.2 Å². The standard InChI is InChI=1S/C11H15O3S.C8H8BO3.Y/c1-3-4-7-10-8-5-6-9-11(10)15(12,13)14-2;1-7-4-2-3-5-8(7)6-11-12-9-10;/h5,8-9H,3-4,7H2,1-2H3;2,4-5H,6H2,1H3;/q2*-1;. The van der Waals surface area contributed by atoms with Crippen LogP contribution in [0.5, 0.6) is 0 Å². The van der Waals surface area contributed by atoms with Gasteiger partial charge in [0.25, 0.3) is 0 Å². The number of hydrogen-bond acceptors (Lipinski definition) is 6. The minimum atomic E-state index is -3.59. The number of hydrogen-bond donors (Lipinski definition) is 0. The summed E-state index contributed by atoms with van der Waals surface area (Å²) in [6.07, 6.45) is 2.75. The first kappa shape index (κ1) is 27.1. The van der Waals surface area contributed by atoms with Crippen molar-refractivity contribution in [3.63, 3.8) is 0 Å². The Morgan fingerprint density at radius 2 is 1.79 bits per heavy atom. The zero-order chi connectivity index (χ0) is 20.1. The molecule has 0 fully saturated rings. The zero-order valence-electron chi connectivity index (χ0n) is 16.3. The van der Waals surface area contributed by atoms with Crippen LogP contribution in [0, 0.1) is 19.1 Å². The molecule has 0 aromatic heterocycles. The Kier molecular flexibility index (Phi) is 14.5. The van der Waals surface area contributed by atoms with Gasteiger partial charge in [-0.05, 0) is 11.3 Å². The van der Waals surface area contributed by atoms with Crippen molar-refractivity contribution in [3.05, 3.63) is 65.2 Å². The van der Waals surface area contributed by atoms with Crippen molar-refractivity contribution in [3.8, 4) is 0 Å². The van der Waals surface area contributed by atoms with Crippen LogP contribution < -0.4 is 0 Å². The summed E-state index contributed by atoms with van der Waals surface area (Å²) in [7, 11) is -2.17. The number of rotatable bonds is 9. The van der Waals surface area contributed by atoms with Gasteiger partial charge in [-0.2, -0.15) is 24.3 Å². The molecule has 0 heterocycles. The van der Waals surface area contributed by atoms with Gasteiger partial charge in [-0.3, -0.25) is 4.18 Å². The Morgan fingerprint density at radius 3 is 2.39 bits per heavy atom. The zero-order valence-corrected chi connectivity index (χ0v) is 20.0. The average Bonchev–Trinajstić information content (AvgIpc) is 2.69. The number of aryl methyl sites for hydroxylation is 2. The first-order valence-corrected chi connectivity index (χ1v) is 9.84. The second-order valence-electron chi connectivity index (χ2n) is 5.57. The van der Waals surface area contributed by atoms with Crippen molar-refractivity contribution in [2.24, 2.45) is 0 Å². The van der Waals surface area contributed by atoms with Gasteiger partial charge in [0.2, 0.25) is 10.1 Å². The van der Waals surface area contributed by atoms with Crippen molar-refractivity contribution >= 4 is 17.5 Å². The van der Waals surface area contributed by atoms with Crippen LogP contribution >= 0.6 is 0 Å².